The Balaban J connectivity index is -0.000000000500. The van der Waals surface area contributed by atoms with Crippen molar-refractivity contribution >= 4 is 85.6 Å². The summed E-state index contributed by atoms with van der Waals surface area (Å²) in [5.41, 5.74) is 0. The van der Waals surface area contributed by atoms with Crippen molar-refractivity contribution in [3.63, 3.8) is 0 Å². The van der Waals surface area contributed by atoms with Crippen LogP contribution >= 0.6 is 85.6 Å². The quantitative estimate of drug-likeness (QED) is 0.101. The molecule has 0 amide bonds. The van der Waals surface area contributed by atoms with Gasteiger partial charge in [-0.3, -0.25) is 0 Å². The van der Waals surface area contributed by atoms with Gasteiger partial charge in [0, 0.05) is 196 Å². The molecule has 0 saturated carbocycles. The minimum absolute atomic E-state index is 0. The van der Waals surface area contributed by atoms with Gasteiger partial charge in [0.15, 0.2) is 0 Å². The summed E-state index contributed by atoms with van der Waals surface area (Å²) in [5, 5.41) is 0. The standard InChI is InChI=1S/3CH3I.2CH4.6CH3.H4P2.6Y/c3*1-2;;;;;;;;;1-2;;;;;;/h3*1H3;2*1H4;6*1H3;1-2H2;;;;;;/q;;;;;6*-1;;;;;;;. The zero-order valence-corrected chi connectivity index (χ0v) is 40.6. The Morgan fingerprint density at radius 1 is 0.364 bits per heavy atom. The number of hydrogen-bond acceptors (Lipinski definition) is 0. The van der Waals surface area contributed by atoms with Crippen LogP contribution < -0.4 is 0 Å². The summed E-state index contributed by atoms with van der Waals surface area (Å²) >= 11 is 6.45. The third kappa shape index (κ3) is 261. The third-order valence-corrected chi connectivity index (χ3v) is 0. The molecule has 138 valence electrons. The van der Waals surface area contributed by atoms with E-state index in [1.165, 1.54) is 0 Å². The second-order valence-electron chi connectivity index (χ2n) is 0. The molecule has 0 nitrogen and oxygen atoms in total. The van der Waals surface area contributed by atoms with E-state index in [0.717, 1.165) is 0 Å². The zero-order valence-electron chi connectivity index (χ0n) is 14.8. The van der Waals surface area contributed by atoms with Gasteiger partial charge >= 0.3 is 0 Å². The van der Waals surface area contributed by atoms with Crippen molar-refractivity contribution < 1.29 is 196 Å². The van der Waals surface area contributed by atoms with E-state index >= 15 is 0 Å². The summed E-state index contributed by atoms with van der Waals surface area (Å²) in [6.07, 6.45) is 0. The van der Waals surface area contributed by atoms with Crippen molar-refractivity contribution in [3.8, 4) is 0 Å². The molecule has 0 saturated heterocycles. The van der Waals surface area contributed by atoms with Crippen molar-refractivity contribution in [3.05, 3.63) is 44.6 Å². The Bertz CT molecular complexity index is 37.8. The van der Waals surface area contributed by atoms with Gasteiger partial charge in [0.1, 0.15) is 0 Å². The summed E-state index contributed by atoms with van der Waals surface area (Å²) in [6.45, 7) is 0. The zero-order chi connectivity index (χ0) is 8.00. The molecule has 0 heterocycles. The predicted molar refractivity (Wildman–Crippen MR) is 131 cm³/mol. The van der Waals surface area contributed by atoms with Gasteiger partial charge in [-0.15, -0.1) is 17.9 Å². The van der Waals surface area contributed by atoms with Crippen molar-refractivity contribution in [2.24, 2.45) is 0 Å². The van der Waals surface area contributed by atoms with Crippen molar-refractivity contribution in [2.45, 2.75) is 14.9 Å². The molecule has 0 aliphatic heterocycles. The van der Waals surface area contributed by atoms with E-state index in [4.69, 9.17) is 0 Å². The first-order valence-electron chi connectivity index (χ1n) is 1.47. The molecule has 2 unspecified atom stereocenters. The van der Waals surface area contributed by atoms with E-state index < -0.39 is 0 Å². The van der Waals surface area contributed by atoms with Gasteiger partial charge in [-0.1, -0.05) is 82.6 Å². The van der Waals surface area contributed by atoms with Crippen LogP contribution in [0.25, 0.3) is 0 Å². The Labute approximate surface area is 346 Å². The first kappa shape index (κ1) is 159. The smallest absolute Gasteiger partial charge is 0 e. The monoisotopic (exact) mass is 1150 g/mol. The largest absolute Gasteiger partial charge is 0.358 e. The van der Waals surface area contributed by atoms with Crippen LogP contribution in [0.5, 0.6) is 0 Å². The van der Waals surface area contributed by atoms with Crippen LogP contribution in [-0.4, -0.2) is 14.8 Å². The maximum atomic E-state index is 2.33. The molecular weight excluding hydrogens is 1110 g/mol. The average molecular weight is 1150 g/mol. The van der Waals surface area contributed by atoms with Crippen LogP contribution in [0.4, 0.5) is 0 Å². The summed E-state index contributed by atoms with van der Waals surface area (Å²) < 4.78 is 0. The van der Waals surface area contributed by atoms with Gasteiger partial charge in [0.2, 0.25) is 0 Å². The third-order valence-electron chi connectivity index (χ3n) is 0. The normalized spacial score (nSPS) is 1.09. The molecule has 11 heteroatoms. The second kappa shape index (κ2) is 289. The van der Waals surface area contributed by atoms with Gasteiger partial charge in [-0.05, 0) is 14.8 Å². The number of alkyl halides is 3. The van der Waals surface area contributed by atoms with E-state index in [2.05, 4.69) is 85.6 Å². The summed E-state index contributed by atoms with van der Waals surface area (Å²) in [6, 6.07) is 0. The molecule has 0 aromatic heterocycles. The Hall–Kier alpha value is 9.67. The Morgan fingerprint density at radius 2 is 0.364 bits per heavy atom. The van der Waals surface area contributed by atoms with Crippen LogP contribution in [0.1, 0.15) is 14.9 Å². The summed E-state index contributed by atoms with van der Waals surface area (Å²) in [7, 11) is 4.67. The fourth-order valence-electron chi connectivity index (χ4n) is 0. The molecule has 0 aromatic rings. The fraction of sp³-hybridized carbons (Fsp3) is 0.455. The number of rotatable bonds is 0. The molecule has 0 fully saturated rings. The SMILES string of the molecule is C.C.CI.CI.CI.PP.[CH3-].[CH3-].[CH3-].[CH3-].[CH3-].[CH3-].[Y].[Y].[Y].[Y].[Y].[Y]. The average Bonchev–Trinajstić information content (AvgIpc) is 2.03. The topological polar surface area (TPSA) is 0 Å². The molecule has 0 aliphatic rings. The summed E-state index contributed by atoms with van der Waals surface area (Å²) in [4.78, 5) is 5.91. The molecule has 0 aromatic carbocycles. The van der Waals surface area contributed by atoms with Crippen molar-refractivity contribution in [1.29, 1.82) is 0 Å². The van der Waals surface area contributed by atoms with Gasteiger partial charge in [-0.2, -0.15) is 0 Å². The second-order valence-corrected chi connectivity index (χ2v) is 0. The molecule has 6 radical (unpaired) electrons. The maximum Gasteiger partial charge on any atom is 0 e. The van der Waals surface area contributed by atoms with E-state index in [9.17, 15) is 0 Å². The molecule has 22 heavy (non-hydrogen) atoms. The van der Waals surface area contributed by atoms with E-state index in [0.29, 0.717) is 0 Å². The molecular formula is C11H39I3P2Y6-6. The van der Waals surface area contributed by atoms with E-state index in [-0.39, 0.29) is 256 Å². The minimum Gasteiger partial charge on any atom is -0.358 e. The van der Waals surface area contributed by atoms with Crippen LogP contribution in [0.2, 0.25) is 0 Å². The molecule has 0 bridgehead atoms. The predicted octanol–water partition coefficient (Wildman–Crippen LogP) is 7.76. The van der Waals surface area contributed by atoms with Gasteiger partial charge in [0.25, 0.3) is 0 Å². The maximum absolute atomic E-state index is 2.33. The number of hydrogen-bond donors (Lipinski definition) is 0. The fourth-order valence-corrected chi connectivity index (χ4v) is 0. The molecule has 0 spiro atoms. The first-order chi connectivity index (χ1) is 4.00. The first-order valence-corrected chi connectivity index (χ1v) is 10.6. The summed E-state index contributed by atoms with van der Waals surface area (Å²) in [5.74, 6) is 0. The van der Waals surface area contributed by atoms with Gasteiger partial charge < -0.3 is 44.6 Å². The van der Waals surface area contributed by atoms with Gasteiger partial charge in [-0.25, -0.2) is 0 Å². The van der Waals surface area contributed by atoms with Crippen molar-refractivity contribution in [1.82, 2.24) is 0 Å². The molecule has 0 rings (SSSR count). The van der Waals surface area contributed by atoms with Crippen molar-refractivity contribution in [2.75, 3.05) is 14.8 Å². The molecule has 0 N–H and O–H groups in total. The number of halogens is 3. The molecule has 0 aliphatic carbocycles. The van der Waals surface area contributed by atoms with Gasteiger partial charge in [0.05, 0.1) is 0 Å². The van der Waals surface area contributed by atoms with Crippen LogP contribution in [0.3, 0.4) is 0 Å². The van der Waals surface area contributed by atoms with Crippen LogP contribution in [0, 0.1) is 44.6 Å². The van der Waals surface area contributed by atoms with Crippen LogP contribution in [-0.2, 0) is 196 Å². The van der Waals surface area contributed by atoms with E-state index in [1.807, 2.05) is 14.8 Å². The van der Waals surface area contributed by atoms with Crippen LogP contribution in [0.15, 0.2) is 0 Å². The molecule has 2 atom stereocenters. The van der Waals surface area contributed by atoms with E-state index in [1.54, 1.807) is 0 Å². The minimum atomic E-state index is 0. The Morgan fingerprint density at radius 3 is 0.364 bits per heavy atom. The Kier molecular flexibility index (Phi) is 2090.